The molecule has 1 aromatic rings. The van der Waals surface area contributed by atoms with Gasteiger partial charge in [-0.25, -0.2) is 0 Å². The van der Waals surface area contributed by atoms with Gasteiger partial charge in [0, 0.05) is 49.4 Å². The number of nitrogens with one attached hydrogen (secondary N) is 1. The summed E-state index contributed by atoms with van der Waals surface area (Å²) in [4.78, 5) is 17.4. The molecular weight excluding hydrogens is 314 g/mol. The number of amides is 1. The number of aryl methyl sites for hydroxylation is 1. The van der Waals surface area contributed by atoms with Gasteiger partial charge in [0.2, 0.25) is 0 Å². The molecule has 5 nitrogen and oxygen atoms in total. The molecule has 1 spiro atoms. The van der Waals surface area contributed by atoms with Crippen LogP contribution >= 0.6 is 0 Å². The molecule has 3 heterocycles. The molecule has 0 saturated carbocycles. The van der Waals surface area contributed by atoms with Gasteiger partial charge in [0.15, 0.2) is 0 Å². The second-order valence-corrected chi connectivity index (χ2v) is 7.86. The Balaban J connectivity index is 1.46. The van der Waals surface area contributed by atoms with E-state index in [0.29, 0.717) is 5.41 Å². The van der Waals surface area contributed by atoms with Gasteiger partial charge in [-0.05, 0) is 56.5 Å². The zero-order chi connectivity index (χ0) is 17.3. The first-order valence-corrected chi connectivity index (χ1v) is 9.60. The van der Waals surface area contributed by atoms with Crippen LogP contribution in [0.2, 0.25) is 0 Å². The average Bonchev–Trinajstić information content (AvgIpc) is 3.05. The van der Waals surface area contributed by atoms with Crippen molar-refractivity contribution < 1.29 is 9.53 Å². The van der Waals surface area contributed by atoms with Gasteiger partial charge in [0.25, 0.3) is 5.91 Å². The van der Waals surface area contributed by atoms with Gasteiger partial charge in [0.05, 0.1) is 13.2 Å². The average molecular weight is 343 g/mol. The van der Waals surface area contributed by atoms with Crippen molar-refractivity contribution in [1.82, 2.24) is 10.2 Å². The van der Waals surface area contributed by atoms with Crippen LogP contribution in [0, 0.1) is 12.3 Å². The molecule has 1 N–H and O–H groups in total. The molecule has 0 bridgehead atoms. The van der Waals surface area contributed by atoms with Crippen molar-refractivity contribution in [2.45, 2.75) is 26.2 Å². The second kappa shape index (κ2) is 6.96. The normalized spacial score (nSPS) is 27.1. The minimum absolute atomic E-state index is 0.194. The lowest BCUT2D eigenvalue weighted by Crippen LogP contribution is -2.42. The van der Waals surface area contributed by atoms with E-state index in [1.165, 1.54) is 24.1 Å². The Hall–Kier alpha value is -1.59. The molecule has 0 aromatic heterocycles. The van der Waals surface area contributed by atoms with Crippen molar-refractivity contribution in [3.8, 4) is 0 Å². The summed E-state index contributed by atoms with van der Waals surface area (Å²) in [5.41, 5.74) is 3.56. The van der Waals surface area contributed by atoms with Crippen LogP contribution in [0.25, 0.3) is 0 Å². The van der Waals surface area contributed by atoms with Gasteiger partial charge in [-0.2, -0.15) is 0 Å². The quantitative estimate of drug-likeness (QED) is 0.893. The third kappa shape index (κ3) is 3.40. The largest absolute Gasteiger partial charge is 0.378 e. The lowest BCUT2D eigenvalue weighted by molar-refractivity contribution is 0.0764. The van der Waals surface area contributed by atoms with Crippen molar-refractivity contribution >= 4 is 11.6 Å². The molecule has 1 unspecified atom stereocenters. The molecule has 25 heavy (non-hydrogen) atoms. The molecule has 1 atom stereocenters. The second-order valence-electron chi connectivity index (χ2n) is 7.86. The van der Waals surface area contributed by atoms with E-state index in [-0.39, 0.29) is 5.91 Å². The van der Waals surface area contributed by atoms with Gasteiger partial charge < -0.3 is 19.9 Å². The minimum atomic E-state index is 0.194. The van der Waals surface area contributed by atoms with E-state index in [1.54, 1.807) is 0 Å². The number of morpholine rings is 1. The Morgan fingerprint density at radius 1 is 1.20 bits per heavy atom. The van der Waals surface area contributed by atoms with E-state index in [1.807, 2.05) is 6.07 Å². The summed E-state index contributed by atoms with van der Waals surface area (Å²) < 4.78 is 5.44. The number of carbonyl (C=O) groups is 1. The van der Waals surface area contributed by atoms with Crippen LogP contribution in [0.4, 0.5) is 5.69 Å². The Labute approximate surface area is 150 Å². The van der Waals surface area contributed by atoms with E-state index in [9.17, 15) is 4.79 Å². The van der Waals surface area contributed by atoms with E-state index in [4.69, 9.17) is 4.74 Å². The topological polar surface area (TPSA) is 44.8 Å². The number of ether oxygens (including phenoxy) is 1. The molecule has 5 heteroatoms. The summed E-state index contributed by atoms with van der Waals surface area (Å²) in [7, 11) is 0. The van der Waals surface area contributed by atoms with Crippen LogP contribution < -0.4 is 10.2 Å². The fourth-order valence-corrected chi connectivity index (χ4v) is 4.62. The van der Waals surface area contributed by atoms with Crippen LogP contribution in [-0.2, 0) is 4.74 Å². The van der Waals surface area contributed by atoms with Crippen molar-refractivity contribution in [3.05, 3.63) is 29.3 Å². The fourth-order valence-electron chi connectivity index (χ4n) is 4.62. The number of carbonyl (C=O) groups excluding carboxylic acids is 1. The number of hydrogen-bond donors (Lipinski definition) is 1. The predicted octanol–water partition coefficient (Wildman–Crippen LogP) is 2.05. The van der Waals surface area contributed by atoms with Crippen LogP contribution in [0.15, 0.2) is 18.2 Å². The van der Waals surface area contributed by atoms with Gasteiger partial charge >= 0.3 is 0 Å². The molecule has 1 amide bonds. The van der Waals surface area contributed by atoms with Crippen molar-refractivity contribution in [2.24, 2.45) is 5.41 Å². The third-order valence-electron chi connectivity index (χ3n) is 6.08. The maximum Gasteiger partial charge on any atom is 0.253 e. The first kappa shape index (κ1) is 16.9. The van der Waals surface area contributed by atoms with E-state index in [0.717, 1.165) is 64.5 Å². The number of benzene rings is 1. The molecular formula is C20H29N3O2. The van der Waals surface area contributed by atoms with Crippen LogP contribution in [-0.4, -0.2) is 63.3 Å². The van der Waals surface area contributed by atoms with Crippen LogP contribution in [0.1, 0.15) is 35.2 Å². The molecule has 4 rings (SSSR count). The summed E-state index contributed by atoms with van der Waals surface area (Å²) in [5, 5.41) is 3.52. The van der Waals surface area contributed by atoms with Gasteiger partial charge in [-0.15, -0.1) is 0 Å². The van der Waals surface area contributed by atoms with E-state index < -0.39 is 0 Å². The molecule has 136 valence electrons. The highest BCUT2D eigenvalue weighted by atomic mass is 16.5. The Bertz CT molecular complexity index is 634. The van der Waals surface area contributed by atoms with Crippen LogP contribution in [0.5, 0.6) is 0 Å². The van der Waals surface area contributed by atoms with E-state index >= 15 is 0 Å². The Morgan fingerprint density at radius 3 is 2.76 bits per heavy atom. The number of anilines is 1. The standard InChI is InChI=1S/C20H29N3O2/c1-16-13-17(3-4-18(16)22-9-11-25-12-10-22)19(24)23-8-6-20(15-23)5-2-7-21-14-20/h3-4,13,21H,2,5-12,14-15H2,1H3. The molecule has 0 aliphatic carbocycles. The molecule has 3 aliphatic heterocycles. The number of likely N-dealkylation sites (tertiary alicyclic amines) is 1. The summed E-state index contributed by atoms with van der Waals surface area (Å²) in [6, 6.07) is 6.18. The SMILES string of the molecule is Cc1cc(C(=O)N2CCC3(CCCNC3)C2)ccc1N1CCOCC1. The Morgan fingerprint density at radius 2 is 2.04 bits per heavy atom. The number of piperidine rings is 1. The van der Waals surface area contributed by atoms with Gasteiger partial charge in [-0.1, -0.05) is 0 Å². The highest BCUT2D eigenvalue weighted by Crippen LogP contribution is 2.37. The van der Waals surface area contributed by atoms with Gasteiger partial charge in [0.1, 0.15) is 0 Å². The van der Waals surface area contributed by atoms with Crippen LogP contribution in [0.3, 0.4) is 0 Å². The zero-order valence-corrected chi connectivity index (χ0v) is 15.2. The molecule has 1 aromatic carbocycles. The predicted molar refractivity (Wildman–Crippen MR) is 99.3 cm³/mol. The summed E-state index contributed by atoms with van der Waals surface area (Å²) in [6.07, 6.45) is 3.62. The van der Waals surface area contributed by atoms with Crippen molar-refractivity contribution in [2.75, 3.05) is 57.4 Å². The summed E-state index contributed by atoms with van der Waals surface area (Å²) in [6.45, 7) is 9.51. The Kier molecular flexibility index (Phi) is 4.69. The zero-order valence-electron chi connectivity index (χ0n) is 15.2. The first-order valence-electron chi connectivity index (χ1n) is 9.60. The third-order valence-corrected chi connectivity index (χ3v) is 6.08. The van der Waals surface area contributed by atoms with Crippen molar-refractivity contribution in [1.29, 1.82) is 0 Å². The molecule has 3 fully saturated rings. The lowest BCUT2D eigenvalue weighted by atomic mass is 9.80. The fraction of sp³-hybridized carbons (Fsp3) is 0.650. The maximum absolute atomic E-state index is 13.0. The van der Waals surface area contributed by atoms with Crippen molar-refractivity contribution in [3.63, 3.8) is 0 Å². The smallest absolute Gasteiger partial charge is 0.253 e. The summed E-state index contributed by atoms with van der Waals surface area (Å²) >= 11 is 0. The molecule has 3 saturated heterocycles. The highest BCUT2D eigenvalue weighted by molar-refractivity contribution is 5.95. The number of hydrogen-bond acceptors (Lipinski definition) is 4. The number of nitrogens with zero attached hydrogens (tertiary/aromatic N) is 2. The minimum Gasteiger partial charge on any atom is -0.378 e. The summed E-state index contributed by atoms with van der Waals surface area (Å²) in [5.74, 6) is 0.194. The lowest BCUT2D eigenvalue weighted by Gasteiger charge is -2.33. The monoisotopic (exact) mass is 343 g/mol. The number of rotatable bonds is 2. The van der Waals surface area contributed by atoms with Gasteiger partial charge in [-0.3, -0.25) is 4.79 Å². The highest BCUT2D eigenvalue weighted by Gasteiger charge is 2.40. The first-order chi connectivity index (χ1) is 12.2. The molecule has 0 radical (unpaired) electrons. The van der Waals surface area contributed by atoms with E-state index in [2.05, 4.69) is 34.2 Å². The molecule has 3 aliphatic rings. The maximum atomic E-state index is 13.0.